The zero-order valence-corrected chi connectivity index (χ0v) is 12.5. The van der Waals surface area contributed by atoms with Gasteiger partial charge in [-0.2, -0.15) is 5.26 Å². The first-order chi connectivity index (χ1) is 11.2. The van der Waals surface area contributed by atoms with Gasteiger partial charge in [0, 0.05) is 0 Å². The molecule has 0 amide bonds. The van der Waals surface area contributed by atoms with Crippen LogP contribution in [0.1, 0.15) is 5.56 Å². The van der Waals surface area contributed by atoms with Gasteiger partial charge in [-0.25, -0.2) is 0 Å². The van der Waals surface area contributed by atoms with E-state index < -0.39 is 7.12 Å². The lowest BCUT2D eigenvalue weighted by atomic mass is 9.81. The maximum Gasteiger partial charge on any atom is 0.488 e. The molecule has 3 rings (SSSR count). The van der Waals surface area contributed by atoms with Crippen LogP contribution in [-0.4, -0.2) is 17.2 Å². The number of benzene rings is 3. The Balaban J connectivity index is 0.000000185. The maximum atomic E-state index is 8.65. The SMILES string of the molecule is N#Cc1ccc(-c2ccccc2)cc1.OB(O)c1ccccc1. The summed E-state index contributed by atoms with van der Waals surface area (Å²) in [4.78, 5) is 0. The van der Waals surface area contributed by atoms with E-state index in [0.717, 1.165) is 5.56 Å². The summed E-state index contributed by atoms with van der Waals surface area (Å²) in [6.07, 6.45) is 0. The average Bonchev–Trinajstić information content (AvgIpc) is 2.64. The van der Waals surface area contributed by atoms with Crippen molar-refractivity contribution in [1.29, 1.82) is 5.26 Å². The van der Waals surface area contributed by atoms with E-state index in [1.807, 2.05) is 48.5 Å². The predicted molar refractivity (Wildman–Crippen MR) is 92.9 cm³/mol. The molecular weight excluding hydrogens is 285 g/mol. The first-order valence-electron chi connectivity index (χ1n) is 7.17. The van der Waals surface area contributed by atoms with Crippen molar-refractivity contribution in [3.05, 3.63) is 90.5 Å². The van der Waals surface area contributed by atoms with E-state index in [0.29, 0.717) is 11.0 Å². The van der Waals surface area contributed by atoms with Crippen LogP contribution in [0, 0.1) is 11.3 Å². The molecule has 2 N–H and O–H groups in total. The third-order valence-corrected chi connectivity index (χ3v) is 3.22. The van der Waals surface area contributed by atoms with E-state index in [1.165, 1.54) is 5.56 Å². The summed E-state index contributed by atoms with van der Waals surface area (Å²) in [6, 6.07) is 28.5. The Kier molecular flexibility index (Phi) is 6.13. The van der Waals surface area contributed by atoms with Crippen LogP contribution in [0.15, 0.2) is 84.9 Å². The van der Waals surface area contributed by atoms with Gasteiger partial charge in [-0.1, -0.05) is 72.8 Å². The Morgan fingerprint density at radius 3 is 1.57 bits per heavy atom. The second-order valence-corrected chi connectivity index (χ2v) is 4.84. The Bertz CT molecular complexity index is 751. The minimum absolute atomic E-state index is 0.525. The standard InChI is InChI=1S/C13H9N.C6H7BO2/c14-10-11-6-8-13(9-7-11)12-4-2-1-3-5-12;8-7(9)6-4-2-1-3-5-6/h1-9H;1-5,8-9H. The molecular formula is C19H16BNO2. The summed E-state index contributed by atoms with van der Waals surface area (Å²) in [5.41, 5.74) is 3.55. The van der Waals surface area contributed by atoms with E-state index in [4.69, 9.17) is 15.3 Å². The van der Waals surface area contributed by atoms with Crippen molar-refractivity contribution in [2.45, 2.75) is 0 Å². The molecule has 112 valence electrons. The van der Waals surface area contributed by atoms with Crippen molar-refractivity contribution < 1.29 is 10.0 Å². The molecule has 0 aliphatic rings. The van der Waals surface area contributed by atoms with Crippen molar-refractivity contribution in [3.63, 3.8) is 0 Å². The van der Waals surface area contributed by atoms with Gasteiger partial charge in [0.25, 0.3) is 0 Å². The van der Waals surface area contributed by atoms with Crippen LogP contribution in [0.5, 0.6) is 0 Å². The number of rotatable bonds is 2. The molecule has 0 radical (unpaired) electrons. The van der Waals surface area contributed by atoms with Crippen LogP contribution in [0.25, 0.3) is 11.1 Å². The van der Waals surface area contributed by atoms with E-state index >= 15 is 0 Å². The number of hydrogen-bond donors (Lipinski definition) is 2. The smallest absolute Gasteiger partial charge is 0.423 e. The summed E-state index contributed by atoms with van der Waals surface area (Å²) < 4.78 is 0. The molecule has 0 heterocycles. The Morgan fingerprint density at radius 2 is 1.13 bits per heavy atom. The molecule has 3 aromatic carbocycles. The Labute approximate surface area is 136 Å². The van der Waals surface area contributed by atoms with Crippen molar-refractivity contribution in [2.24, 2.45) is 0 Å². The summed E-state index contributed by atoms with van der Waals surface area (Å²) in [6.45, 7) is 0. The topological polar surface area (TPSA) is 64.2 Å². The highest BCUT2D eigenvalue weighted by Gasteiger charge is 2.07. The van der Waals surface area contributed by atoms with E-state index in [1.54, 1.807) is 24.3 Å². The molecule has 0 aliphatic heterocycles. The molecule has 0 fully saturated rings. The van der Waals surface area contributed by atoms with Gasteiger partial charge < -0.3 is 10.0 Å². The Hall–Kier alpha value is -2.87. The summed E-state index contributed by atoms with van der Waals surface area (Å²) in [5.74, 6) is 0. The molecule has 0 saturated heterocycles. The fraction of sp³-hybridized carbons (Fsp3) is 0. The molecule has 23 heavy (non-hydrogen) atoms. The highest BCUT2D eigenvalue weighted by molar-refractivity contribution is 6.58. The molecule has 0 aliphatic carbocycles. The highest BCUT2D eigenvalue weighted by atomic mass is 16.4. The number of nitriles is 1. The largest absolute Gasteiger partial charge is 0.488 e. The minimum atomic E-state index is -1.34. The molecule has 0 spiro atoms. The lowest BCUT2D eigenvalue weighted by Gasteiger charge is -1.99. The highest BCUT2D eigenvalue weighted by Crippen LogP contribution is 2.18. The van der Waals surface area contributed by atoms with E-state index in [2.05, 4.69) is 18.2 Å². The first kappa shape index (κ1) is 16.5. The second-order valence-electron chi connectivity index (χ2n) is 4.84. The molecule has 0 bridgehead atoms. The van der Waals surface area contributed by atoms with E-state index in [9.17, 15) is 0 Å². The molecule has 0 atom stereocenters. The Morgan fingerprint density at radius 1 is 0.652 bits per heavy atom. The third kappa shape index (κ3) is 5.12. The van der Waals surface area contributed by atoms with Crippen LogP contribution < -0.4 is 5.46 Å². The zero-order valence-electron chi connectivity index (χ0n) is 12.5. The molecule has 4 heteroatoms. The normalized spacial score (nSPS) is 9.26. The van der Waals surface area contributed by atoms with E-state index in [-0.39, 0.29) is 0 Å². The first-order valence-corrected chi connectivity index (χ1v) is 7.17. The van der Waals surface area contributed by atoms with Crippen molar-refractivity contribution >= 4 is 12.6 Å². The molecule has 0 aromatic heterocycles. The van der Waals surface area contributed by atoms with Gasteiger partial charge in [-0.3, -0.25) is 0 Å². The summed E-state index contributed by atoms with van der Waals surface area (Å²) in [7, 11) is -1.34. The fourth-order valence-electron chi connectivity index (χ4n) is 1.99. The van der Waals surface area contributed by atoms with Crippen LogP contribution in [0.4, 0.5) is 0 Å². The molecule has 0 unspecified atom stereocenters. The summed E-state index contributed by atoms with van der Waals surface area (Å²) >= 11 is 0. The van der Waals surface area contributed by atoms with Gasteiger partial charge in [-0.15, -0.1) is 0 Å². The second kappa shape index (κ2) is 8.55. The fourth-order valence-corrected chi connectivity index (χ4v) is 1.99. The van der Waals surface area contributed by atoms with Crippen LogP contribution in [0.3, 0.4) is 0 Å². The van der Waals surface area contributed by atoms with Crippen LogP contribution >= 0.6 is 0 Å². The van der Waals surface area contributed by atoms with Gasteiger partial charge in [0.05, 0.1) is 11.6 Å². The third-order valence-electron chi connectivity index (χ3n) is 3.22. The maximum absolute atomic E-state index is 8.65. The van der Waals surface area contributed by atoms with Crippen LogP contribution in [0.2, 0.25) is 0 Å². The number of nitrogens with zero attached hydrogens (tertiary/aromatic N) is 1. The van der Waals surface area contributed by atoms with Gasteiger partial charge in [-0.05, 0) is 28.7 Å². The minimum Gasteiger partial charge on any atom is -0.423 e. The molecule has 0 saturated carbocycles. The lowest BCUT2D eigenvalue weighted by Crippen LogP contribution is -2.29. The monoisotopic (exact) mass is 301 g/mol. The number of hydrogen-bond acceptors (Lipinski definition) is 3. The van der Waals surface area contributed by atoms with Crippen LogP contribution in [-0.2, 0) is 0 Å². The molecule has 3 nitrogen and oxygen atoms in total. The summed E-state index contributed by atoms with van der Waals surface area (Å²) in [5, 5.41) is 25.8. The van der Waals surface area contributed by atoms with Gasteiger partial charge >= 0.3 is 7.12 Å². The van der Waals surface area contributed by atoms with Crippen molar-refractivity contribution in [3.8, 4) is 17.2 Å². The van der Waals surface area contributed by atoms with Gasteiger partial charge in [0.1, 0.15) is 0 Å². The quantitative estimate of drug-likeness (QED) is 0.715. The predicted octanol–water partition coefficient (Wildman–Crippen LogP) is 2.59. The lowest BCUT2D eigenvalue weighted by molar-refractivity contribution is 0.426. The van der Waals surface area contributed by atoms with Gasteiger partial charge in [0.15, 0.2) is 0 Å². The average molecular weight is 301 g/mol. The van der Waals surface area contributed by atoms with Crippen molar-refractivity contribution in [1.82, 2.24) is 0 Å². The van der Waals surface area contributed by atoms with Gasteiger partial charge in [0.2, 0.25) is 0 Å². The van der Waals surface area contributed by atoms with Crippen molar-refractivity contribution in [2.75, 3.05) is 0 Å². The zero-order chi connectivity index (χ0) is 16.5. The molecule has 3 aromatic rings.